The minimum absolute atomic E-state index is 0.0212. The van der Waals surface area contributed by atoms with Crippen LogP contribution < -0.4 is 0 Å². The summed E-state index contributed by atoms with van der Waals surface area (Å²) in [7, 11) is 0. The minimum atomic E-state index is -0.530. The molecule has 0 aliphatic carbocycles. The number of nitro benzene ring substituents is 1. The van der Waals surface area contributed by atoms with Crippen LogP contribution in [0.5, 0.6) is 0 Å². The molecule has 0 bridgehead atoms. The van der Waals surface area contributed by atoms with E-state index in [0.29, 0.717) is 14.9 Å². The van der Waals surface area contributed by atoms with Crippen LogP contribution in [0.15, 0.2) is 34.1 Å². The van der Waals surface area contributed by atoms with Crippen molar-refractivity contribution < 1.29 is 9.72 Å². The lowest BCUT2D eigenvalue weighted by atomic mass is 10.1. The number of Topliss-reactive ketones (excluding diaryl/α,β-unsaturated/α-hetero) is 1. The van der Waals surface area contributed by atoms with E-state index in [1.807, 2.05) is 0 Å². The molecule has 0 spiro atoms. The molecule has 2 rings (SSSR count). The van der Waals surface area contributed by atoms with E-state index in [1.165, 1.54) is 23.5 Å². The molecular formula is C12H7BrClNO3S. The van der Waals surface area contributed by atoms with Gasteiger partial charge in [0.1, 0.15) is 0 Å². The van der Waals surface area contributed by atoms with Crippen molar-refractivity contribution in [1.29, 1.82) is 0 Å². The van der Waals surface area contributed by atoms with Crippen LogP contribution in [0.3, 0.4) is 0 Å². The second-order valence-electron chi connectivity index (χ2n) is 3.73. The van der Waals surface area contributed by atoms with E-state index in [0.717, 1.165) is 0 Å². The average molecular weight is 361 g/mol. The van der Waals surface area contributed by atoms with Gasteiger partial charge in [-0.15, -0.1) is 11.3 Å². The Balaban J connectivity index is 2.32. The molecule has 1 aromatic carbocycles. The van der Waals surface area contributed by atoms with Gasteiger partial charge in [0.25, 0.3) is 5.69 Å². The minimum Gasteiger partial charge on any atom is -0.293 e. The molecular weight excluding hydrogens is 354 g/mol. The Kier molecular flexibility index (Phi) is 4.34. The van der Waals surface area contributed by atoms with Crippen LogP contribution in [-0.4, -0.2) is 10.7 Å². The standard InChI is InChI=1S/C12H7BrClNO3S/c13-9-3-4-19-12(9)11(16)5-7-1-2-8(14)6-10(7)15(17)18/h1-4,6H,5H2. The van der Waals surface area contributed by atoms with E-state index in [9.17, 15) is 14.9 Å². The number of carbonyl (C=O) groups excluding carboxylic acids is 1. The molecule has 0 aliphatic rings. The van der Waals surface area contributed by atoms with Crippen LogP contribution in [-0.2, 0) is 6.42 Å². The van der Waals surface area contributed by atoms with Crippen LogP contribution in [0, 0.1) is 10.1 Å². The van der Waals surface area contributed by atoms with E-state index in [4.69, 9.17) is 11.6 Å². The first kappa shape index (κ1) is 14.2. The normalized spacial score (nSPS) is 10.4. The third-order valence-corrected chi connectivity index (χ3v) is 4.58. The fraction of sp³-hybridized carbons (Fsp3) is 0.0833. The maximum Gasteiger partial charge on any atom is 0.274 e. The van der Waals surface area contributed by atoms with Crippen LogP contribution >= 0.6 is 38.9 Å². The Morgan fingerprint density at radius 3 is 2.74 bits per heavy atom. The van der Waals surface area contributed by atoms with Gasteiger partial charge < -0.3 is 0 Å². The molecule has 19 heavy (non-hydrogen) atoms. The van der Waals surface area contributed by atoms with E-state index in [-0.39, 0.29) is 22.9 Å². The SMILES string of the molecule is O=C(Cc1ccc(Cl)cc1[N+](=O)[O-])c1sccc1Br. The molecule has 0 fully saturated rings. The number of ketones is 1. The molecule has 0 aliphatic heterocycles. The number of nitro groups is 1. The molecule has 7 heteroatoms. The maximum absolute atomic E-state index is 12.1. The number of halogens is 2. The van der Waals surface area contributed by atoms with Crippen molar-refractivity contribution in [3.05, 3.63) is 59.7 Å². The summed E-state index contributed by atoms with van der Waals surface area (Å²) in [6.45, 7) is 0. The topological polar surface area (TPSA) is 60.2 Å². The van der Waals surface area contributed by atoms with Gasteiger partial charge in [0, 0.05) is 27.5 Å². The third kappa shape index (κ3) is 3.20. The summed E-state index contributed by atoms with van der Waals surface area (Å²) in [5.41, 5.74) is 0.230. The summed E-state index contributed by atoms with van der Waals surface area (Å²) in [6, 6.07) is 6.09. The zero-order valence-corrected chi connectivity index (χ0v) is 12.6. The first-order chi connectivity index (χ1) is 8.99. The second kappa shape index (κ2) is 5.81. The maximum atomic E-state index is 12.1. The molecule has 1 heterocycles. The lowest BCUT2D eigenvalue weighted by Crippen LogP contribution is -2.04. The summed E-state index contributed by atoms with van der Waals surface area (Å²) in [5, 5.41) is 13.0. The Hall–Kier alpha value is -1.24. The zero-order valence-electron chi connectivity index (χ0n) is 9.43. The lowest BCUT2D eigenvalue weighted by Gasteiger charge is -2.02. The second-order valence-corrected chi connectivity index (χ2v) is 5.93. The molecule has 0 unspecified atom stereocenters. The summed E-state index contributed by atoms with van der Waals surface area (Å²) in [4.78, 5) is 23.0. The Bertz CT molecular complexity index is 656. The van der Waals surface area contributed by atoms with Crippen molar-refractivity contribution >= 4 is 50.3 Å². The van der Waals surface area contributed by atoms with Gasteiger partial charge in [-0.25, -0.2) is 0 Å². The highest BCUT2D eigenvalue weighted by Gasteiger charge is 2.19. The summed E-state index contributed by atoms with van der Waals surface area (Å²) in [5.74, 6) is -0.160. The van der Waals surface area contributed by atoms with E-state index in [2.05, 4.69) is 15.9 Å². The molecule has 2 aromatic rings. The van der Waals surface area contributed by atoms with Crippen molar-refractivity contribution in [1.82, 2.24) is 0 Å². The number of thiophene rings is 1. The van der Waals surface area contributed by atoms with Crippen LogP contribution in [0.4, 0.5) is 5.69 Å². The predicted molar refractivity (Wildman–Crippen MR) is 78.2 cm³/mol. The molecule has 0 saturated carbocycles. The van der Waals surface area contributed by atoms with Gasteiger partial charge in [-0.05, 0) is 33.4 Å². The first-order valence-electron chi connectivity index (χ1n) is 5.18. The van der Waals surface area contributed by atoms with Crippen LogP contribution in [0.1, 0.15) is 15.2 Å². The van der Waals surface area contributed by atoms with Crippen molar-refractivity contribution in [2.75, 3.05) is 0 Å². The predicted octanol–water partition coefficient (Wildman–Crippen LogP) is 4.50. The number of hydrogen-bond acceptors (Lipinski definition) is 4. The zero-order chi connectivity index (χ0) is 14.0. The highest BCUT2D eigenvalue weighted by molar-refractivity contribution is 9.10. The fourth-order valence-electron chi connectivity index (χ4n) is 1.60. The Labute approximate surface area is 126 Å². The molecule has 1 aromatic heterocycles. The number of benzene rings is 1. The van der Waals surface area contributed by atoms with Gasteiger partial charge in [0.2, 0.25) is 0 Å². The monoisotopic (exact) mass is 359 g/mol. The number of nitrogens with zero attached hydrogens (tertiary/aromatic N) is 1. The summed E-state index contributed by atoms with van der Waals surface area (Å²) < 4.78 is 0.708. The highest BCUT2D eigenvalue weighted by Crippen LogP contribution is 2.28. The summed E-state index contributed by atoms with van der Waals surface area (Å²) in [6.07, 6.45) is -0.0212. The first-order valence-corrected chi connectivity index (χ1v) is 7.23. The quantitative estimate of drug-likeness (QED) is 0.458. The molecule has 0 N–H and O–H groups in total. The van der Waals surface area contributed by atoms with Crippen LogP contribution in [0.25, 0.3) is 0 Å². The molecule has 98 valence electrons. The van der Waals surface area contributed by atoms with Gasteiger partial charge in [-0.3, -0.25) is 14.9 Å². The van der Waals surface area contributed by atoms with Crippen molar-refractivity contribution in [3.63, 3.8) is 0 Å². The largest absolute Gasteiger partial charge is 0.293 e. The fourth-order valence-corrected chi connectivity index (χ4v) is 3.30. The van der Waals surface area contributed by atoms with E-state index >= 15 is 0 Å². The van der Waals surface area contributed by atoms with Crippen molar-refractivity contribution in [2.24, 2.45) is 0 Å². The molecule has 0 amide bonds. The smallest absolute Gasteiger partial charge is 0.274 e. The number of carbonyl (C=O) groups is 1. The van der Waals surface area contributed by atoms with E-state index in [1.54, 1.807) is 17.5 Å². The third-order valence-electron chi connectivity index (χ3n) is 2.47. The van der Waals surface area contributed by atoms with Crippen molar-refractivity contribution in [3.8, 4) is 0 Å². The van der Waals surface area contributed by atoms with Gasteiger partial charge >= 0.3 is 0 Å². The molecule has 0 radical (unpaired) electrons. The highest BCUT2D eigenvalue weighted by atomic mass is 79.9. The van der Waals surface area contributed by atoms with Crippen molar-refractivity contribution in [2.45, 2.75) is 6.42 Å². The van der Waals surface area contributed by atoms with Gasteiger partial charge in [-0.2, -0.15) is 0 Å². The Morgan fingerprint density at radius 1 is 1.42 bits per heavy atom. The van der Waals surface area contributed by atoms with Gasteiger partial charge in [0.15, 0.2) is 5.78 Å². The van der Waals surface area contributed by atoms with Crippen LogP contribution in [0.2, 0.25) is 5.02 Å². The molecule has 0 atom stereocenters. The van der Waals surface area contributed by atoms with E-state index < -0.39 is 4.92 Å². The number of hydrogen-bond donors (Lipinski definition) is 0. The van der Waals surface area contributed by atoms with Gasteiger partial charge in [0.05, 0.1) is 9.80 Å². The lowest BCUT2D eigenvalue weighted by molar-refractivity contribution is -0.385. The molecule has 0 saturated heterocycles. The Morgan fingerprint density at radius 2 is 2.16 bits per heavy atom. The number of rotatable bonds is 4. The summed E-state index contributed by atoms with van der Waals surface area (Å²) >= 11 is 10.3. The molecule has 4 nitrogen and oxygen atoms in total. The van der Waals surface area contributed by atoms with Gasteiger partial charge in [-0.1, -0.05) is 17.7 Å². The average Bonchev–Trinajstić information content (AvgIpc) is 2.77.